The Labute approximate surface area is 117 Å². The number of hydrogen-bond acceptors (Lipinski definition) is 3. The van der Waals surface area contributed by atoms with Crippen LogP contribution in [-0.2, 0) is 4.79 Å². The summed E-state index contributed by atoms with van der Waals surface area (Å²) in [6.07, 6.45) is 1.81. The normalized spacial score (nSPS) is 21.5. The van der Waals surface area contributed by atoms with E-state index < -0.39 is 5.97 Å². The van der Waals surface area contributed by atoms with Crippen molar-refractivity contribution in [3.05, 3.63) is 23.5 Å². The van der Waals surface area contributed by atoms with Gasteiger partial charge < -0.3 is 15.7 Å². The van der Waals surface area contributed by atoms with Gasteiger partial charge in [0.1, 0.15) is 0 Å². The number of hydrogen-bond donors (Lipinski definition) is 3. The molecular formula is C14H19N3O3. The predicted octanol–water partition coefficient (Wildman–Crippen LogP) is 2.07. The first-order valence-electron chi connectivity index (χ1n) is 6.70. The molecule has 1 aromatic heterocycles. The Kier molecular flexibility index (Phi) is 4.22. The second kappa shape index (κ2) is 5.90. The van der Waals surface area contributed by atoms with Gasteiger partial charge in [-0.25, -0.2) is 4.79 Å². The van der Waals surface area contributed by atoms with E-state index in [1.54, 1.807) is 0 Å². The van der Waals surface area contributed by atoms with Crippen molar-refractivity contribution in [1.29, 1.82) is 0 Å². The monoisotopic (exact) mass is 277 g/mol. The molecule has 1 heterocycles. The van der Waals surface area contributed by atoms with E-state index in [2.05, 4.69) is 15.6 Å². The summed E-state index contributed by atoms with van der Waals surface area (Å²) in [7, 11) is 0. The molecule has 2 atom stereocenters. The number of aryl methyl sites for hydroxylation is 2. The van der Waals surface area contributed by atoms with E-state index in [4.69, 9.17) is 5.11 Å². The van der Waals surface area contributed by atoms with Crippen molar-refractivity contribution in [3.8, 4) is 0 Å². The lowest BCUT2D eigenvalue weighted by atomic mass is 10.1. The smallest absolute Gasteiger partial charge is 0.319 e. The molecule has 20 heavy (non-hydrogen) atoms. The number of nitrogens with one attached hydrogen (secondary N) is 2. The summed E-state index contributed by atoms with van der Waals surface area (Å²) >= 11 is 0. The van der Waals surface area contributed by atoms with Gasteiger partial charge in [-0.15, -0.1) is 0 Å². The Balaban J connectivity index is 1.88. The van der Waals surface area contributed by atoms with Crippen molar-refractivity contribution in [1.82, 2.24) is 10.3 Å². The number of rotatable bonds is 3. The van der Waals surface area contributed by atoms with Crippen molar-refractivity contribution in [3.63, 3.8) is 0 Å². The van der Waals surface area contributed by atoms with Crippen molar-refractivity contribution in [2.45, 2.75) is 39.2 Å². The van der Waals surface area contributed by atoms with Crippen LogP contribution in [0.2, 0.25) is 0 Å². The highest BCUT2D eigenvalue weighted by atomic mass is 16.4. The van der Waals surface area contributed by atoms with E-state index >= 15 is 0 Å². The molecule has 2 unspecified atom stereocenters. The van der Waals surface area contributed by atoms with Gasteiger partial charge in [0.25, 0.3) is 0 Å². The summed E-state index contributed by atoms with van der Waals surface area (Å²) in [4.78, 5) is 27.0. The summed E-state index contributed by atoms with van der Waals surface area (Å²) in [5.41, 5.74) is 2.32. The minimum atomic E-state index is -0.784. The van der Waals surface area contributed by atoms with Crippen molar-refractivity contribution in [2.75, 3.05) is 5.32 Å². The number of urea groups is 1. The van der Waals surface area contributed by atoms with Crippen molar-refractivity contribution >= 4 is 17.7 Å². The van der Waals surface area contributed by atoms with Crippen LogP contribution in [0.25, 0.3) is 0 Å². The number of pyridine rings is 1. The molecule has 6 nitrogen and oxygen atoms in total. The maximum Gasteiger partial charge on any atom is 0.319 e. The molecule has 6 heteroatoms. The van der Waals surface area contributed by atoms with E-state index in [0.29, 0.717) is 24.9 Å². The van der Waals surface area contributed by atoms with E-state index in [1.807, 2.05) is 26.0 Å². The fourth-order valence-electron chi connectivity index (χ4n) is 2.50. The van der Waals surface area contributed by atoms with E-state index in [9.17, 15) is 9.59 Å². The van der Waals surface area contributed by atoms with Gasteiger partial charge in [0.15, 0.2) is 0 Å². The van der Waals surface area contributed by atoms with Gasteiger partial charge in [-0.1, -0.05) is 0 Å². The van der Waals surface area contributed by atoms with E-state index in [-0.39, 0.29) is 18.0 Å². The number of carboxylic acids is 1. The second-order valence-corrected chi connectivity index (χ2v) is 5.23. The molecule has 1 fully saturated rings. The number of amides is 2. The average Bonchev–Trinajstić information content (AvgIpc) is 2.81. The average molecular weight is 277 g/mol. The zero-order chi connectivity index (χ0) is 14.7. The molecule has 0 bridgehead atoms. The lowest BCUT2D eigenvalue weighted by Crippen LogP contribution is -2.36. The molecule has 0 aliphatic heterocycles. The van der Waals surface area contributed by atoms with Gasteiger partial charge in [-0.2, -0.15) is 0 Å². The van der Waals surface area contributed by atoms with E-state index in [1.165, 1.54) is 0 Å². The third-order valence-corrected chi connectivity index (χ3v) is 3.59. The number of carboxylic acid groups (broad SMARTS) is 1. The minimum absolute atomic E-state index is 0.0742. The molecule has 0 radical (unpaired) electrons. The lowest BCUT2D eigenvalue weighted by molar-refractivity contribution is -0.141. The number of anilines is 1. The predicted molar refractivity (Wildman–Crippen MR) is 74.6 cm³/mol. The molecule has 0 aromatic carbocycles. The Morgan fingerprint density at radius 2 is 2.05 bits per heavy atom. The molecule has 1 aliphatic carbocycles. The first-order chi connectivity index (χ1) is 9.45. The van der Waals surface area contributed by atoms with Crippen LogP contribution in [0.4, 0.5) is 10.5 Å². The van der Waals surface area contributed by atoms with Crippen LogP contribution < -0.4 is 10.6 Å². The maximum absolute atomic E-state index is 11.9. The molecule has 1 aliphatic rings. The quantitative estimate of drug-likeness (QED) is 0.788. The van der Waals surface area contributed by atoms with Crippen LogP contribution in [0.1, 0.15) is 30.7 Å². The molecule has 1 aromatic rings. The largest absolute Gasteiger partial charge is 0.481 e. The Morgan fingerprint density at radius 3 is 2.65 bits per heavy atom. The number of aromatic nitrogens is 1. The fraction of sp³-hybridized carbons (Fsp3) is 0.500. The van der Waals surface area contributed by atoms with Gasteiger partial charge in [0.05, 0.1) is 17.3 Å². The Morgan fingerprint density at radius 1 is 1.30 bits per heavy atom. The lowest BCUT2D eigenvalue weighted by Gasteiger charge is -2.14. The highest BCUT2D eigenvalue weighted by molar-refractivity contribution is 5.90. The van der Waals surface area contributed by atoms with Crippen LogP contribution in [0, 0.1) is 19.8 Å². The SMILES string of the molecule is Cc1ccc(NC(=O)NC2CCC(C(=O)O)C2)c(C)n1. The zero-order valence-electron chi connectivity index (χ0n) is 11.6. The maximum atomic E-state index is 11.9. The summed E-state index contributed by atoms with van der Waals surface area (Å²) in [6.45, 7) is 3.72. The zero-order valence-corrected chi connectivity index (χ0v) is 11.6. The first-order valence-corrected chi connectivity index (χ1v) is 6.70. The molecular weight excluding hydrogens is 258 g/mol. The van der Waals surface area contributed by atoms with Crippen LogP contribution >= 0.6 is 0 Å². The summed E-state index contributed by atoms with van der Waals surface area (Å²) in [6, 6.07) is 3.26. The third kappa shape index (κ3) is 3.46. The van der Waals surface area contributed by atoms with Crippen molar-refractivity contribution < 1.29 is 14.7 Å². The molecule has 0 spiro atoms. The molecule has 108 valence electrons. The van der Waals surface area contributed by atoms with E-state index in [0.717, 1.165) is 11.4 Å². The standard InChI is InChI=1S/C14H19N3O3/c1-8-3-6-12(9(2)15-8)17-14(20)16-11-5-4-10(7-11)13(18)19/h3,6,10-11H,4-5,7H2,1-2H3,(H,18,19)(H2,16,17,20). The Bertz CT molecular complexity index is 530. The summed E-state index contributed by atoms with van der Waals surface area (Å²) in [5.74, 6) is -1.13. The van der Waals surface area contributed by atoms with Gasteiger partial charge in [-0.05, 0) is 45.2 Å². The molecule has 1 saturated carbocycles. The number of carbonyl (C=O) groups is 2. The highest BCUT2D eigenvalue weighted by Gasteiger charge is 2.30. The van der Waals surface area contributed by atoms with Gasteiger partial charge in [0, 0.05) is 11.7 Å². The molecule has 2 amide bonds. The van der Waals surface area contributed by atoms with Gasteiger partial charge in [-0.3, -0.25) is 9.78 Å². The van der Waals surface area contributed by atoms with Crippen LogP contribution in [0.3, 0.4) is 0 Å². The fourth-order valence-corrected chi connectivity index (χ4v) is 2.50. The first kappa shape index (κ1) is 14.3. The van der Waals surface area contributed by atoms with Gasteiger partial charge in [0.2, 0.25) is 0 Å². The Hall–Kier alpha value is -2.11. The summed E-state index contributed by atoms with van der Waals surface area (Å²) in [5, 5.41) is 14.5. The number of aliphatic carboxylic acids is 1. The van der Waals surface area contributed by atoms with Crippen molar-refractivity contribution in [2.24, 2.45) is 5.92 Å². The third-order valence-electron chi connectivity index (χ3n) is 3.59. The van der Waals surface area contributed by atoms with Crippen LogP contribution in [0.15, 0.2) is 12.1 Å². The highest BCUT2D eigenvalue weighted by Crippen LogP contribution is 2.25. The topological polar surface area (TPSA) is 91.3 Å². The van der Waals surface area contributed by atoms with Crippen LogP contribution in [0.5, 0.6) is 0 Å². The second-order valence-electron chi connectivity index (χ2n) is 5.23. The minimum Gasteiger partial charge on any atom is -0.481 e. The van der Waals surface area contributed by atoms with Gasteiger partial charge >= 0.3 is 12.0 Å². The number of nitrogens with zero attached hydrogens (tertiary/aromatic N) is 1. The molecule has 0 saturated heterocycles. The molecule has 2 rings (SSSR count). The summed E-state index contributed by atoms with van der Waals surface area (Å²) < 4.78 is 0. The number of carbonyl (C=O) groups excluding carboxylic acids is 1. The molecule has 3 N–H and O–H groups in total. The van der Waals surface area contributed by atoms with Crippen LogP contribution in [-0.4, -0.2) is 28.1 Å².